The number of nitrogens with two attached hydrogens (primary N) is 1. The Bertz CT molecular complexity index is 669. The zero-order chi connectivity index (χ0) is 15.6. The Hall–Kier alpha value is -2.22. The highest BCUT2D eigenvalue weighted by atomic mass is 35.5. The lowest BCUT2D eigenvalue weighted by molar-refractivity contribution is -0.137. The summed E-state index contributed by atoms with van der Waals surface area (Å²) in [5.41, 5.74) is 4.61. The molecule has 1 aromatic carbocycles. The summed E-state index contributed by atoms with van der Waals surface area (Å²) in [5, 5.41) is 6.02. The lowest BCUT2D eigenvalue weighted by Crippen LogP contribution is -2.19. The van der Waals surface area contributed by atoms with Crippen LogP contribution in [0.3, 0.4) is 0 Å². The van der Waals surface area contributed by atoms with Gasteiger partial charge in [0.25, 0.3) is 0 Å². The van der Waals surface area contributed by atoms with Crippen LogP contribution in [0.2, 0.25) is 5.02 Å². The van der Waals surface area contributed by atoms with E-state index in [0.717, 1.165) is 18.2 Å². The minimum absolute atomic E-state index is 0.0924. The first-order chi connectivity index (χ1) is 9.75. The Balaban J connectivity index is 2.07. The lowest BCUT2D eigenvalue weighted by Gasteiger charge is -2.11. The standard InChI is InChI=1S/C12H10ClF3N4O/c13-8-5-7(12(14,15)16)1-2-9(8)18-11(21)6-20-4-3-10(17)19-20/h1-5H,6H2,(H2,17,19)(H,18,21). The van der Waals surface area contributed by atoms with Crippen molar-refractivity contribution >= 4 is 29.0 Å². The van der Waals surface area contributed by atoms with Gasteiger partial charge in [-0.2, -0.15) is 18.3 Å². The maximum absolute atomic E-state index is 12.5. The van der Waals surface area contributed by atoms with Gasteiger partial charge in [-0.3, -0.25) is 9.48 Å². The first-order valence-corrected chi connectivity index (χ1v) is 6.09. The smallest absolute Gasteiger partial charge is 0.382 e. The number of carbonyl (C=O) groups excluding carboxylic acids is 1. The van der Waals surface area contributed by atoms with E-state index in [9.17, 15) is 18.0 Å². The highest BCUT2D eigenvalue weighted by molar-refractivity contribution is 6.33. The van der Waals surface area contributed by atoms with Gasteiger partial charge < -0.3 is 11.1 Å². The molecule has 0 bridgehead atoms. The molecule has 112 valence electrons. The van der Waals surface area contributed by atoms with Gasteiger partial charge in [-0.1, -0.05) is 11.6 Å². The van der Waals surface area contributed by atoms with Crippen molar-refractivity contribution in [3.8, 4) is 0 Å². The molecule has 0 spiro atoms. The predicted molar refractivity (Wildman–Crippen MR) is 71.7 cm³/mol. The van der Waals surface area contributed by atoms with Gasteiger partial charge in [0.15, 0.2) is 0 Å². The fraction of sp³-hybridized carbons (Fsp3) is 0.167. The van der Waals surface area contributed by atoms with Gasteiger partial charge in [0.05, 0.1) is 16.3 Å². The van der Waals surface area contributed by atoms with Crippen LogP contribution < -0.4 is 11.1 Å². The van der Waals surface area contributed by atoms with Crippen molar-refractivity contribution in [1.29, 1.82) is 0 Å². The molecular weight excluding hydrogens is 309 g/mol. The topological polar surface area (TPSA) is 72.9 Å². The molecule has 2 aromatic rings. The van der Waals surface area contributed by atoms with Gasteiger partial charge in [0.1, 0.15) is 12.4 Å². The third-order valence-electron chi connectivity index (χ3n) is 2.54. The molecule has 21 heavy (non-hydrogen) atoms. The second-order valence-corrected chi connectivity index (χ2v) is 4.59. The molecule has 5 nitrogen and oxygen atoms in total. The van der Waals surface area contributed by atoms with Crippen LogP contribution in [0.1, 0.15) is 5.56 Å². The Morgan fingerprint density at radius 2 is 2.10 bits per heavy atom. The average molecular weight is 319 g/mol. The van der Waals surface area contributed by atoms with Gasteiger partial charge >= 0.3 is 6.18 Å². The Morgan fingerprint density at radius 3 is 2.62 bits per heavy atom. The van der Waals surface area contributed by atoms with Gasteiger partial charge in [0.2, 0.25) is 5.91 Å². The minimum atomic E-state index is -4.49. The summed E-state index contributed by atoms with van der Waals surface area (Å²) < 4.78 is 38.7. The molecule has 0 atom stereocenters. The number of anilines is 2. The zero-order valence-electron chi connectivity index (χ0n) is 10.5. The summed E-state index contributed by atoms with van der Waals surface area (Å²) in [6.07, 6.45) is -2.98. The number of aromatic nitrogens is 2. The molecule has 0 aliphatic heterocycles. The normalized spacial score (nSPS) is 11.4. The van der Waals surface area contributed by atoms with E-state index >= 15 is 0 Å². The maximum atomic E-state index is 12.5. The summed E-state index contributed by atoms with van der Waals surface area (Å²) in [7, 11) is 0. The Morgan fingerprint density at radius 1 is 1.38 bits per heavy atom. The number of amides is 1. The quantitative estimate of drug-likeness (QED) is 0.914. The summed E-state index contributed by atoms with van der Waals surface area (Å²) >= 11 is 5.73. The first kappa shape index (κ1) is 15.2. The second-order valence-electron chi connectivity index (χ2n) is 4.18. The molecule has 0 saturated carbocycles. The molecular formula is C12H10ClF3N4O. The monoisotopic (exact) mass is 318 g/mol. The number of hydrogen-bond acceptors (Lipinski definition) is 3. The SMILES string of the molecule is Nc1ccn(CC(=O)Nc2ccc(C(F)(F)F)cc2Cl)n1. The fourth-order valence-corrected chi connectivity index (χ4v) is 1.82. The molecule has 1 amide bonds. The molecule has 1 aromatic heterocycles. The number of nitrogens with zero attached hydrogens (tertiary/aromatic N) is 2. The minimum Gasteiger partial charge on any atom is -0.382 e. The van der Waals surface area contributed by atoms with Crippen molar-refractivity contribution in [2.45, 2.75) is 12.7 Å². The molecule has 0 unspecified atom stereocenters. The molecule has 0 radical (unpaired) electrons. The molecule has 2 rings (SSSR count). The molecule has 0 aliphatic carbocycles. The van der Waals surface area contributed by atoms with Gasteiger partial charge in [-0.15, -0.1) is 0 Å². The summed E-state index contributed by atoms with van der Waals surface area (Å²) in [5.74, 6) is -0.227. The van der Waals surface area contributed by atoms with E-state index in [2.05, 4.69) is 10.4 Å². The highest BCUT2D eigenvalue weighted by Crippen LogP contribution is 2.33. The van der Waals surface area contributed by atoms with E-state index in [0.29, 0.717) is 0 Å². The number of nitrogen functional groups attached to an aromatic ring is 1. The number of rotatable bonds is 3. The summed E-state index contributed by atoms with van der Waals surface area (Å²) in [6.45, 7) is -0.130. The predicted octanol–water partition coefficient (Wildman–Crippen LogP) is 2.78. The van der Waals surface area contributed by atoms with Crippen LogP contribution in [0.15, 0.2) is 30.5 Å². The van der Waals surface area contributed by atoms with E-state index in [4.69, 9.17) is 17.3 Å². The molecule has 0 fully saturated rings. The van der Waals surface area contributed by atoms with Gasteiger partial charge in [-0.25, -0.2) is 0 Å². The molecule has 1 heterocycles. The van der Waals surface area contributed by atoms with Crippen molar-refractivity contribution in [1.82, 2.24) is 9.78 Å². The van der Waals surface area contributed by atoms with Crippen LogP contribution in [0, 0.1) is 0 Å². The van der Waals surface area contributed by atoms with Crippen LogP contribution >= 0.6 is 11.6 Å². The number of alkyl halides is 3. The third kappa shape index (κ3) is 3.88. The maximum Gasteiger partial charge on any atom is 0.416 e. The highest BCUT2D eigenvalue weighted by Gasteiger charge is 2.30. The van der Waals surface area contributed by atoms with Crippen LogP contribution in [0.4, 0.5) is 24.7 Å². The summed E-state index contributed by atoms with van der Waals surface area (Å²) in [4.78, 5) is 11.7. The fourth-order valence-electron chi connectivity index (χ4n) is 1.60. The number of halogens is 4. The van der Waals surface area contributed by atoms with Crippen molar-refractivity contribution in [3.05, 3.63) is 41.0 Å². The molecule has 0 aliphatic rings. The van der Waals surface area contributed by atoms with Crippen molar-refractivity contribution < 1.29 is 18.0 Å². The van der Waals surface area contributed by atoms with Gasteiger partial charge in [0, 0.05) is 6.20 Å². The van der Waals surface area contributed by atoms with E-state index in [-0.39, 0.29) is 23.1 Å². The molecule has 0 saturated heterocycles. The number of carbonyl (C=O) groups is 1. The van der Waals surface area contributed by atoms with Crippen molar-refractivity contribution in [2.24, 2.45) is 0 Å². The molecule has 9 heteroatoms. The number of hydrogen-bond donors (Lipinski definition) is 2. The zero-order valence-corrected chi connectivity index (χ0v) is 11.2. The van der Waals surface area contributed by atoms with Gasteiger partial charge in [-0.05, 0) is 24.3 Å². The lowest BCUT2D eigenvalue weighted by atomic mass is 10.2. The second kappa shape index (κ2) is 5.65. The van der Waals surface area contributed by atoms with Crippen LogP contribution in [0.5, 0.6) is 0 Å². The average Bonchev–Trinajstić information content (AvgIpc) is 2.76. The van der Waals surface area contributed by atoms with Crippen LogP contribution in [-0.4, -0.2) is 15.7 Å². The third-order valence-corrected chi connectivity index (χ3v) is 2.85. The van der Waals surface area contributed by atoms with E-state index < -0.39 is 17.6 Å². The van der Waals surface area contributed by atoms with Crippen LogP contribution in [-0.2, 0) is 17.5 Å². The van der Waals surface area contributed by atoms with Crippen LogP contribution in [0.25, 0.3) is 0 Å². The number of benzene rings is 1. The first-order valence-electron chi connectivity index (χ1n) is 5.71. The van der Waals surface area contributed by atoms with Crippen molar-refractivity contribution in [2.75, 3.05) is 11.1 Å². The Labute approximate surface area is 122 Å². The van der Waals surface area contributed by atoms with E-state index in [1.807, 2.05) is 0 Å². The largest absolute Gasteiger partial charge is 0.416 e. The Kier molecular flexibility index (Phi) is 4.08. The van der Waals surface area contributed by atoms with E-state index in [1.165, 1.54) is 16.9 Å². The summed E-state index contributed by atoms with van der Waals surface area (Å²) in [6, 6.07) is 4.20. The van der Waals surface area contributed by atoms with E-state index in [1.54, 1.807) is 0 Å². The van der Waals surface area contributed by atoms with Crippen molar-refractivity contribution in [3.63, 3.8) is 0 Å². The molecule has 3 N–H and O–H groups in total. The number of nitrogens with one attached hydrogen (secondary N) is 1.